The van der Waals surface area contributed by atoms with Crippen molar-refractivity contribution < 1.29 is 23.8 Å². The highest BCUT2D eigenvalue weighted by Gasteiger charge is 2.17. The van der Waals surface area contributed by atoms with Crippen molar-refractivity contribution in [2.45, 2.75) is 18.7 Å². The lowest BCUT2D eigenvalue weighted by atomic mass is 10.1. The molecule has 0 radical (unpaired) electrons. The summed E-state index contributed by atoms with van der Waals surface area (Å²) in [6, 6.07) is 0. The molecule has 20 heavy (non-hydrogen) atoms. The zero-order valence-electron chi connectivity index (χ0n) is 11.9. The van der Waals surface area contributed by atoms with Gasteiger partial charge in [0.25, 0.3) is 0 Å². The third-order valence-electron chi connectivity index (χ3n) is 2.09. The first-order valence-electron chi connectivity index (χ1n) is 6.62. The molecule has 7 nitrogen and oxygen atoms in total. The number of carbonyl (C=O) groups excluding carboxylic acids is 2. The van der Waals surface area contributed by atoms with E-state index in [0.717, 1.165) is 12.6 Å². The summed E-state index contributed by atoms with van der Waals surface area (Å²) in [5, 5.41) is 5.16. The van der Waals surface area contributed by atoms with Crippen molar-refractivity contribution in [3.63, 3.8) is 0 Å². The maximum absolute atomic E-state index is 11.4. The van der Waals surface area contributed by atoms with Gasteiger partial charge >= 0.3 is 12.2 Å². The number of halogens is 1. The predicted molar refractivity (Wildman–Crippen MR) is 89.2 cm³/mol. The van der Waals surface area contributed by atoms with Crippen molar-refractivity contribution in [3.05, 3.63) is 0 Å². The normalized spacial score (nSPS) is 11.4. The van der Waals surface area contributed by atoms with Gasteiger partial charge in [0.15, 0.2) is 6.10 Å². The molecule has 0 aromatic heterocycles. The summed E-state index contributed by atoms with van der Waals surface area (Å²) < 4.78 is 15.8. The third-order valence-corrected chi connectivity index (χ3v) is 2.53. The summed E-state index contributed by atoms with van der Waals surface area (Å²) in [7, 11) is 3.89. The van der Waals surface area contributed by atoms with Crippen molar-refractivity contribution >= 4 is 50.5 Å². The van der Waals surface area contributed by atoms with Crippen LogP contribution in [0.1, 0.15) is 0 Å². The minimum atomic E-state index is -0.617. The second-order valence-corrected chi connectivity index (χ2v) is 4.58. The molecular formula is C10H21B2IN2O5. The van der Waals surface area contributed by atoms with Gasteiger partial charge in [-0.25, -0.2) is 9.59 Å². The van der Waals surface area contributed by atoms with E-state index in [2.05, 4.69) is 10.6 Å². The van der Waals surface area contributed by atoms with E-state index < -0.39 is 18.3 Å². The fraction of sp³-hybridized carbons (Fsp3) is 0.800. The van der Waals surface area contributed by atoms with Gasteiger partial charge in [-0.3, -0.25) is 0 Å². The number of amides is 2. The summed E-state index contributed by atoms with van der Waals surface area (Å²) in [5.41, 5.74) is 0. The number of alkyl halides is 1. The highest BCUT2D eigenvalue weighted by Crippen LogP contribution is 1.98. The summed E-state index contributed by atoms with van der Waals surface area (Å²) in [6.45, 7) is 1.23. The van der Waals surface area contributed by atoms with Gasteiger partial charge in [0.05, 0.1) is 11.2 Å². The standard InChI is InChI=1S/C10H21B2IN2O5/c11-1-3-14-9(16)19-6-8(5-18-7-13)20-10(17)15-4-2-12/h8H,1-7,11-12H2,(H,14,16)(H,15,17). The molecule has 0 rings (SSSR count). The Morgan fingerprint density at radius 2 is 1.65 bits per heavy atom. The van der Waals surface area contributed by atoms with Crippen molar-refractivity contribution in [1.29, 1.82) is 0 Å². The second kappa shape index (κ2) is 13.3. The van der Waals surface area contributed by atoms with Gasteiger partial charge in [-0.15, -0.1) is 0 Å². The van der Waals surface area contributed by atoms with Crippen LogP contribution in [-0.2, 0) is 14.2 Å². The van der Waals surface area contributed by atoms with Crippen molar-refractivity contribution in [2.24, 2.45) is 0 Å². The first-order chi connectivity index (χ1) is 9.63. The van der Waals surface area contributed by atoms with Crippen LogP contribution in [0, 0.1) is 0 Å². The van der Waals surface area contributed by atoms with E-state index in [1.165, 1.54) is 0 Å². The average Bonchev–Trinajstić information content (AvgIpc) is 2.45. The van der Waals surface area contributed by atoms with E-state index in [-0.39, 0.29) is 13.2 Å². The first kappa shape index (κ1) is 19.4. The highest BCUT2D eigenvalue weighted by molar-refractivity contribution is 14.1. The Morgan fingerprint density at radius 1 is 1.05 bits per heavy atom. The second-order valence-electron chi connectivity index (χ2n) is 3.96. The van der Waals surface area contributed by atoms with Crippen LogP contribution in [0.2, 0.25) is 12.6 Å². The summed E-state index contributed by atoms with van der Waals surface area (Å²) in [6.07, 6.45) is -0.0313. The molecule has 114 valence electrons. The molecule has 2 amide bonds. The maximum atomic E-state index is 11.4. The molecular weight excluding hydrogens is 377 g/mol. The van der Waals surface area contributed by atoms with Crippen molar-refractivity contribution in [2.75, 3.05) is 30.9 Å². The van der Waals surface area contributed by atoms with Gasteiger partial charge in [-0.1, -0.05) is 35.2 Å². The largest absolute Gasteiger partial charge is 0.446 e. The van der Waals surface area contributed by atoms with Gasteiger partial charge < -0.3 is 24.8 Å². The van der Waals surface area contributed by atoms with Crippen LogP contribution in [0.5, 0.6) is 0 Å². The Labute approximate surface area is 134 Å². The number of rotatable bonds is 10. The maximum Gasteiger partial charge on any atom is 0.407 e. The number of nitrogens with one attached hydrogen (secondary N) is 2. The lowest BCUT2D eigenvalue weighted by Crippen LogP contribution is -2.36. The molecule has 0 aliphatic heterocycles. The van der Waals surface area contributed by atoms with Gasteiger partial charge in [0, 0.05) is 13.1 Å². The molecule has 0 heterocycles. The quantitative estimate of drug-likeness (QED) is 0.290. The number of ether oxygens (including phenoxy) is 3. The predicted octanol–water partition coefficient (Wildman–Crippen LogP) is -0.681. The molecule has 0 aliphatic rings. The Balaban J connectivity index is 4.06. The summed E-state index contributed by atoms with van der Waals surface area (Å²) in [5.74, 6) is 0. The Hall–Kier alpha value is -0.640. The van der Waals surface area contributed by atoms with E-state index in [1.807, 2.05) is 38.3 Å². The molecule has 0 fully saturated rings. The van der Waals surface area contributed by atoms with Gasteiger partial charge in [0.2, 0.25) is 0 Å². The fourth-order valence-electron chi connectivity index (χ4n) is 1.16. The van der Waals surface area contributed by atoms with Gasteiger partial charge in [-0.05, 0) is 0 Å². The van der Waals surface area contributed by atoms with Crippen LogP contribution in [-0.4, -0.2) is 64.9 Å². The van der Waals surface area contributed by atoms with Crippen LogP contribution >= 0.6 is 22.6 Å². The van der Waals surface area contributed by atoms with E-state index >= 15 is 0 Å². The zero-order valence-corrected chi connectivity index (χ0v) is 14.1. The van der Waals surface area contributed by atoms with Crippen molar-refractivity contribution in [3.8, 4) is 0 Å². The molecule has 2 N–H and O–H groups in total. The highest BCUT2D eigenvalue weighted by atomic mass is 127. The number of alkyl carbamates (subject to hydrolysis) is 2. The Bertz CT molecular complexity index is 286. The SMILES string of the molecule is BCCNC(=O)OCC(COCI)OC(=O)NCCB. The van der Waals surface area contributed by atoms with E-state index in [9.17, 15) is 9.59 Å². The van der Waals surface area contributed by atoms with Gasteiger partial charge in [0.1, 0.15) is 22.3 Å². The molecule has 0 saturated carbocycles. The fourth-order valence-corrected chi connectivity index (χ4v) is 1.41. The van der Waals surface area contributed by atoms with E-state index in [4.69, 9.17) is 14.2 Å². The molecule has 1 unspecified atom stereocenters. The Kier molecular flexibility index (Phi) is 12.9. The Morgan fingerprint density at radius 3 is 2.20 bits per heavy atom. The molecule has 0 saturated heterocycles. The van der Waals surface area contributed by atoms with Crippen LogP contribution < -0.4 is 10.6 Å². The summed E-state index contributed by atoms with van der Waals surface area (Å²) >= 11 is 2.04. The minimum absolute atomic E-state index is 0.0360. The minimum Gasteiger partial charge on any atom is -0.446 e. The third kappa shape index (κ3) is 11.2. The van der Waals surface area contributed by atoms with Gasteiger partial charge in [-0.2, -0.15) is 0 Å². The van der Waals surface area contributed by atoms with Crippen molar-refractivity contribution in [1.82, 2.24) is 10.6 Å². The smallest absolute Gasteiger partial charge is 0.407 e. The molecule has 10 heteroatoms. The number of hydrogen-bond donors (Lipinski definition) is 2. The van der Waals surface area contributed by atoms with E-state index in [0.29, 0.717) is 17.7 Å². The number of carbonyl (C=O) groups is 2. The lowest BCUT2D eigenvalue weighted by Gasteiger charge is -2.18. The first-order valence-corrected chi connectivity index (χ1v) is 8.15. The van der Waals surface area contributed by atoms with Crippen LogP contribution in [0.4, 0.5) is 9.59 Å². The molecule has 0 spiro atoms. The zero-order chi connectivity index (χ0) is 15.2. The van der Waals surface area contributed by atoms with Crippen LogP contribution in [0.15, 0.2) is 0 Å². The molecule has 1 atom stereocenters. The van der Waals surface area contributed by atoms with Crippen LogP contribution in [0.25, 0.3) is 0 Å². The topological polar surface area (TPSA) is 85.9 Å². The summed E-state index contributed by atoms with van der Waals surface area (Å²) in [4.78, 5) is 22.8. The van der Waals surface area contributed by atoms with Crippen LogP contribution in [0.3, 0.4) is 0 Å². The lowest BCUT2D eigenvalue weighted by molar-refractivity contribution is 0.000306. The molecule has 0 aromatic rings. The van der Waals surface area contributed by atoms with E-state index in [1.54, 1.807) is 0 Å². The molecule has 0 aromatic carbocycles. The molecule has 0 aliphatic carbocycles. The monoisotopic (exact) mass is 398 g/mol. The molecule has 0 bridgehead atoms. The average molecular weight is 398 g/mol. The number of hydrogen-bond acceptors (Lipinski definition) is 5.